The van der Waals surface area contributed by atoms with Crippen molar-refractivity contribution in [3.05, 3.63) is 65.7 Å². The van der Waals surface area contributed by atoms with E-state index in [2.05, 4.69) is 52.3 Å². The first-order valence-corrected chi connectivity index (χ1v) is 9.43. The van der Waals surface area contributed by atoms with Crippen molar-refractivity contribution in [1.82, 2.24) is 9.80 Å². The third kappa shape index (κ3) is 3.75. The molecule has 1 aliphatic heterocycles. The molecule has 0 aromatic heterocycles. The fourth-order valence-corrected chi connectivity index (χ4v) is 3.89. The van der Waals surface area contributed by atoms with Gasteiger partial charge >= 0.3 is 0 Å². The number of methoxy groups -OCH3 is 1. The van der Waals surface area contributed by atoms with Crippen molar-refractivity contribution in [1.29, 1.82) is 0 Å². The number of benzene rings is 2. The molecule has 26 heavy (non-hydrogen) atoms. The molecule has 0 bridgehead atoms. The largest absolute Gasteiger partial charge is 0.497 e. The summed E-state index contributed by atoms with van der Waals surface area (Å²) in [6.07, 6.45) is 0.982. The molecule has 2 aromatic rings. The first kappa shape index (κ1) is 17.1. The molecule has 4 rings (SSSR count). The van der Waals surface area contributed by atoms with Crippen molar-refractivity contribution >= 4 is 5.91 Å². The number of carbonyl (C=O) groups excluding carboxylic acids is 1. The molecule has 1 saturated heterocycles. The molecule has 4 nitrogen and oxygen atoms in total. The molecule has 136 valence electrons. The van der Waals surface area contributed by atoms with Gasteiger partial charge in [0.05, 0.1) is 7.11 Å². The highest BCUT2D eigenvalue weighted by molar-refractivity contribution is 5.83. The van der Waals surface area contributed by atoms with E-state index in [1.165, 1.54) is 11.1 Å². The Labute approximate surface area is 155 Å². The Morgan fingerprint density at radius 2 is 1.69 bits per heavy atom. The van der Waals surface area contributed by atoms with Crippen molar-refractivity contribution < 1.29 is 9.53 Å². The minimum absolute atomic E-state index is 0.170. The first-order chi connectivity index (χ1) is 12.7. The summed E-state index contributed by atoms with van der Waals surface area (Å²) in [6.45, 7) is 4.58. The highest BCUT2D eigenvalue weighted by Crippen LogP contribution is 2.48. The first-order valence-electron chi connectivity index (χ1n) is 9.43. The molecule has 2 aliphatic rings. The number of nitrogens with zero attached hydrogens (tertiary/aromatic N) is 2. The van der Waals surface area contributed by atoms with E-state index in [1.807, 2.05) is 12.1 Å². The molecule has 2 fully saturated rings. The van der Waals surface area contributed by atoms with Crippen LogP contribution in [-0.4, -0.2) is 49.0 Å². The van der Waals surface area contributed by atoms with E-state index in [4.69, 9.17) is 4.74 Å². The van der Waals surface area contributed by atoms with Crippen LogP contribution in [0.3, 0.4) is 0 Å². The maximum Gasteiger partial charge on any atom is 0.226 e. The van der Waals surface area contributed by atoms with E-state index < -0.39 is 0 Å². The molecule has 1 heterocycles. The Kier molecular flexibility index (Phi) is 4.93. The van der Waals surface area contributed by atoms with Crippen LogP contribution in [0.5, 0.6) is 5.75 Å². The van der Waals surface area contributed by atoms with Crippen LogP contribution in [0, 0.1) is 5.92 Å². The normalized spacial score (nSPS) is 22.9. The van der Waals surface area contributed by atoms with Crippen molar-refractivity contribution in [3.63, 3.8) is 0 Å². The van der Waals surface area contributed by atoms with E-state index in [1.54, 1.807) is 7.11 Å². The maximum absolute atomic E-state index is 12.8. The molecule has 2 atom stereocenters. The zero-order chi connectivity index (χ0) is 17.9. The van der Waals surface area contributed by atoms with Gasteiger partial charge in [-0.2, -0.15) is 0 Å². The summed E-state index contributed by atoms with van der Waals surface area (Å²) in [5.41, 5.74) is 2.60. The summed E-state index contributed by atoms with van der Waals surface area (Å²) >= 11 is 0. The van der Waals surface area contributed by atoms with Crippen molar-refractivity contribution in [2.75, 3.05) is 33.3 Å². The van der Waals surface area contributed by atoms with Crippen LogP contribution in [0.2, 0.25) is 0 Å². The summed E-state index contributed by atoms with van der Waals surface area (Å²) in [5, 5.41) is 0. The number of hydrogen-bond donors (Lipinski definition) is 0. The number of rotatable bonds is 5. The van der Waals surface area contributed by atoms with Crippen LogP contribution in [-0.2, 0) is 11.3 Å². The second kappa shape index (κ2) is 7.50. The van der Waals surface area contributed by atoms with Crippen molar-refractivity contribution in [3.8, 4) is 5.75 Å². The predicted molar refractivity (Wildman–Crippen MR) is 102 cm³/mol. The van der Waals surface area contributed by atoms with Gasteiger partial charge in [0.25, 0.3) is 0 Å². The average Bonchev–Trinajstić information content (AvgIpc) is 3.50. The molecule has 0 radical (unpaired) electrons. The fourth-order valence-electron chi connectivity index (χ4n) is 3.89. The van der Waals surface area contributed by atoms with Crippen LogP contribution in [0.25, 0.3) is 0 Å². The lowest BCUT2D eigenvalue weighted by Crippen LogP contribution is -2.48. The minimum Gasteiger partial charge on any atom is -0.497 e. The summed E-state index contributed by atoms with van der Waals surface area (Å²) in [4.78, 5) is 17.3. The molecule has 2 unspecified atom stereocenters. The smallest absolute Gasteiger partial charge is 0.226 e. The van der Waals surface area contributed by atoms with Crippen molar-refractivity contribution in [2.45, 2.75) is 18.9 Å². The maximum atomic E-state index is 12.8. The number of ether oxygens (including phenoxy) is 1. The lowest BCUT2D eigenvalue weighted by atomic mass is 10.1. The molecule has 1 saturated carbocycles. The van der Waals surface area contributed by atoms with Crippen LogP contribution >= 0.6 is 0 Å². The number of amides is 1. The van der Waals surface area contributed by atoms with Gasteiger partial charge in [-0.05, 0) is 35.6 Å². The summed E-state index contributed by atoms with van der Waals surface area (Å²) in [6, 6.07) is 18.7. The molecule has 4 heteroatoms. The third-order valence-electron chi connectivity index (χ3n) is 5.58. The Bertz CT molecular complexity index is 736. The molecule has 2 aromatic carbocycles. The molecule has 1 aliphatic carbocycles. The number of carbonyl (C=O) groups is 1. The number of piperazine rings is 1. The molecule has 0 spiro atoms. The second-order valence-corrected chi connectivity index (χ2v) is 7.31. The lowest BCUT2D eigenvalue weighted by Gasteiger charge is -2.35. The summed E-state index contributed by atoms with van der Waals surface area (Å²) in [5.74, 6) is 1.76. The number of hydrogen-bond acceptors (Lipinski definition) is 3. The van der Waals surface area contributed by atoms with E-state index in [0.29, 0.717) is 11.8 Å². The minimum atomic E-state index is 0.170. The third-order valence-corrected chi connectivity index (χ3v) is 5.58. The SMILES string of the molecule is COc1ccc(C2CC2C(=O)N2CCN(Cc3ccccc3)CC2)cc1. The zero-order valence-corrected chi connectivity index (χ0v) is 15.3. The van der Waals surface area contributed by atoms with Gasteiger partial charge in [-0.3, -0.25) is 9.69 Å². The van der Waals surface area contributed by atoms with Gasteiger partial charge in [-0.15, -0.1) is 0 Å². The Hall–Kier alpha value is -2.33. The molecule has 0 N–H and O–H groups in total. The topological polar surface area (TPSA) is 32.8 Å². The summed E-state index contributed by atoms with van der Waals surface area (Å²) < 4.78 is 5.21. The monoisotopic (exact) mass is 350 g/mol. The molecule has 1 amide bonds. The Morgan fingerprint density at radius 1 is 1.00 bits per heavy atom. The van der Waals surface area contributed by atoms with E-state index in [0.717, 1.165) is 44.9 Å². The van der Waals surface area contributed by atoms with Crippen LogP contribution in [0.4, 0.5) is 0 Å². The predicted octanol–water partition coefficient (Wildman–Crippen LogP) is 3.14. The van der Waals surface area contributed by atoms with Gasteiger partial charge in [0.2, 0.25) is 5.91 Å². The average molecular weight is 350 g/mol. The van der Waals surface area contributed by atoms with E-state index >= 15 is 0 Å². The van der Waals surface area contributed by atoms with Crippen LogP contribution < -0.4 is 4.74 Å². The van der Waals surface area contributed by atoms with Crippen LogP contribution in [0.15, 0.2) is 54.6 Å². The Morgan fingerprint density at radius 3 is 2.35 bits per heavy atom. The van der Waals surface area contributed by atoms with Gasteiger partial charge in [-0.1, -0.05) is 42.5 Å². The Balaban J connectivity index is 1.27. The van der Waals surface area contributed by atoms with Gasteiger partial charge in [0, 0.05) is 38.6 Å². The zero-order valence-electron chi connectivity index (χ0n) is 15.3. The van der Waals surface area contributed by atoms with E-state index in [-0.39, 0.29) is 5.92 Å². The standard InChI is InChI=1S/C22H26N2O2/c1-26-19-9-7-18(8-10-19)20-15-21(20)22(25)24-13-11-23(12-14-24)16-17-5-3-2-4-6-17/h2-10,20-21H,11-16H2,1H3. The van der Waals surface area contributed by atoms with Crippen LogP contribution in [0.1, 0.15) is 23.5 Å². The van der Waals surface area contributed by atoms with Gasteiger partial charge in [0.15, 0.2) is 0 Å². The van der Waals surface area contributed by atoms with Gasteiger partial charge < -0.3 is 9.64 Å². The van der Waals surface area contributed by atoms with Gasteiger partial charge in [-0.25, -0.2) is 0 Å². The summed E-state index contributed by atoms with van der Waals surface area (Å²) in [7, 11) is 1.68. The second-order valence-electron chi connectivity index (χ2n) is 7.31. The lowest BCUT2D eigenvalue weighted by molar-refractivity contribution is -0.134. The van der Waals surface area contributed by atoms with Crippen molar-refractivity contribution in [2.24, 2.45) is 5.92 Å². The quantitative estimate of drug-likeness (QED) is 0.830. The highest BCUT2D eigenvalue weighted by Gasteiger charge is 2.46. The molecular weight excluding hydrogens is 324 g/mol. The fraction of sp³-hybridized carbons (Fsp3) is 0.409. The molecular formula is C22H26N2O2. The van der Waals surface area contributed by atoms with Gasteiger partial charge in [0.1, 0.15) is 5.75 Å². The highest BCUT2D eigenvalue weighted by atomic mass is 16.5. The van der Waals surface area contributed by atoms with E-state index in [9.17, 15) is 4.79 Å².